The molecular formula is C13H16N2O2S. The summed E-state index contributed by atoms with van der Waals surface area (Å²) >= 11 is 1.24. The molecule has 1 aromatic heterocycles. The van der Waals surface area contributed by atoms with Crippen LogP contribution in [-0.4, -0.2) is 21.3 Å². The molecule has 0 saturated carbocycles. The number of ether oxygens (including phenoxy) is 1. The number of aromatic nitrogens is 2. The van der Waals surface area contributed by atoms with Crippen LogP contribution in [0.4, 0.5) is 0 Å². The fourth-order valence-electron chi connectivity index (χ4n) is 1.76. The SMILES string of the molecule is CCOc1cccc(C(O)c2snnc2CC)c1. The van der Waals surface area contributed by atoms with Crippen molar-refractivity contribution in [1.82, 2.24) is 9.59 Å². The Labute approximate surface area is 110 Å². The molecule has 0 amide bonds. The van der Waals surface area contributed by atoms with E-state index in [4.69, 9.17) is 4.74 Å². The lowest BCUT2D eigenvalue weighted by Crippen LogP contribution is -2.01. The van der Waals surface area contributed by atoms with Crippen LogP contribution in [0.1, 0.15) is 36.1 Å². The summed E-state index contributed by atoms with van der Waals surface area (Å²) in [6.45, 7) is 4.55. The largest absolute Gasteiger partial charge is 0.494 e. The summed E-state index contributed by atoms with van der Waals surface area (Å²) in [5.41, 5.74) is 1.66. The van der Waals surface area contributed by atoms with Crippen LogP contribution < -0.4 is 4.74 Å². The Kier molecular flexibility index (Phi) is 4.28. The maximum Gasteiger partial charge on any atom is 0.119 e. The highest BCUT2D eigenvalue weighted by Crippen LogP contribution is 2.29. The van der Waals surface area contributed by atoms with Gasteiger partial charge in [-0.15, -0.1) is 5.10 Å². The topological polar surface area (TPSA) is 55.2 Å². The standard InChI is InChI=1S/C13H16N2O2S/c1-3-11-13(18-15-14-11)12(16)9-6-5-7-10(8-9)17-4-2/h5-8,12,16H,3-4H2,1-2H3. The third-order valence-electron chi connectivity index (χ3n) is 2.65. The first-order valence-corrected chi connectivity index (χ1v) is 6.75. The van der Waals surface area contributed by atoms with E-state index < -0.39 is 6.10 Å². The highest BCUT2D eigenvalue weighted by atomic mass is 32.1. The second-order valence-electron chi connectivity index (χ2n) is 3.85. The molecule has 1 heterocycles. The van der Waals surface area contributed by atoms with E-state index in [0.717, 1.165) is 28.3 Å². The van der Waals surface area contributed by atoms with Crippen LogP contribution in [0.2, 0.25) is 0 Å². The Morgan fingerprint density at radius 1 is 1.39 bits per heavy atom. The maximum atomic E-state index is 10.4. The van der Waals surface area contributed by atoms with Crippen molar-refractivity contribution in [2.75, 3.05) is 6.61 Å². The molecule has 96 valence electrons. The van der Waals surface area contributed by atoms with E-state index in [2.05, 4.69) is 9.59 Å². The Hall–Kier alpha value is -1.46. The summed E-state index contributed by atoms with van der Waals surface area (Å²) in [6, 6.07) is 7.49. The number of benzene rings is 1. The summed E-state index contributed by atoms with van der Waals surface area (Å²) < 4.78 is 9.33. The van der Waals surface area contributed by atoms with Gasteiger partial charge >= 0.3 is 0 Å². The first-order valence-electron chi connectivity index (χ1n) is 5.98. The molecule has 1 atom stereocenters. The summed E-state index contributed by atoms with van der Waals surface area (Å²) in [4.78, 5) is 0.811. The molecule has 2 rings (SSSR count). The lowest BCUT2D eigenvalue weighted by Gasteiger charge is -2.11. The van der Waals surface area contributed by atoms with Crippen molar-refractivity contribution in [1.29, 1.82) is 0 Å². The third kappa shape index (κ3) is 2.68. The van der Waals surface area contributed by atoms with E-state index >= 15 is 0 Å². The zero-order valence-electron chi connectivity index (χ0n) is 10.5. The summed E-state index contributed by atoms with van der Waals surface area (Å²) in [5.74, 6) is 0.768. The number of aliphatic hydroxyl groups excluding tert-OH is 1. The van der Waals surface area contributed by atoms with Crippen molar-refractivity contribution in [3.8, 4) is 5.75 Å². The van der Waals surface area contributed by atoms with Gasteiger partial charge in [-0.1, -0.05) is 23.5 Å². The first kappa shape index (κ1) is 13.0. The normalized spacial score (nSPS) is 12.4. The van der Waals surface area contributed by atoms with Gasteiger partial charge in [0.25, 0.3) is 0 Å². The Bertz CT molecular complexity index is 513. The molecule has 0 radical (unpaired) electrons. The highest BCUT2D eigenvalue weighted by Gasteiger charge is 2.18. The molecule has 0 spiro atoms. The van der Waals surface area contributed by atoms with Gasteiger partial charge in [-0.05, 0) is 42.6 Å². The molecule has 1 aromatic carbocycles. The minimum absolute atomic E-state index is 0.613. The smallest absolute Gasteiger partial charge is 0.119 e. The van der Waals surface area contributed by atoms with Crippen LogP contribution in [0, 0.1) is 0 Å². The Balaban J connectivity index is 2.28. The molecule has 18 heavy (non-hydrogen) atoms. The lowest BCUT2D eigenvalue weighted by atomic mass is 10.1. The molecule has 5 heteroatoms. The molecule has 2 aromatic rings. The van der Waals surface area contributed by atoms with Crippen molar-refractivity contribution < 1.29 is 9.84 Å². The van der Waals surface area contributed by atoms with Crippen LogP contribution in [-0.2, 0) is 6.42 Å². The minimum atomic E-state index is -0.680. The van der Waals surface area contributed by atoms with Crippen LogP contribution in [0.25, 0.3) is 0 Å². The van der Waals surface area contributed by atoms with E-state index in [9.17, 15) is 5.11 Å². The second kappa shape index (κ2) is 5.93. The van der Waals surface area contributed by atoms with Crippen LogP contribution in [0.15, 0.2) is 24.3 Å². The van der Waals surface area contributed by atoms with E-state index in [1.807, 2.05) is 38.1 Å². The predicted octanol–water partition coefficient (Wildman–Crippen LogP) is 2.58. The van der Waals surface area contributed by atoms with Gasteiger partial charge in [-0.25, -0.2) is 0 Å². The van der Waals surface area contributed by atoms with Crippen molar-refractivity contribution >= 4 is 11.5 Å². The van der Waals surface area contributed by atoms with Gasteiger partial charge in [0, 0.05) is 0 Å². The number of aryl methyl sites for hydroxylation is 1. The zero-order chi connectivity index (χ0) is 13.0. The number of nitrogens with zero attached hydrogens (tertiary/aromatic N) is 2. The van der Waals surface area contributed by atoms with Crippen molar-refractivity contribution in [2.24, 2.45) is 0 Å². The molecule has 0 bridgehead atoms. The van der Waals surface area contributed by atoms with Crippen LogP contribution >= 0.6 is 11.5 Å². The molecule has 4 nitrogen and oxygen atoms in total. The van der Waals surface area contributed by atoms with Crippen LogP contribution in [0.5, 0.6) is 5.75 Å². The molecule has 0 aliphatic heterocycles. The van der Waals surface area contributed by atoms with Crippen molar-refractivity contribution in [3.63, 3.8) is 0 Å². The van der Waals surface area contributed by atoms with Gasteiger partial charge < -0.3 is 9.84 Å². The van der Waals surface area contributed by atoms with Crippen molar-refractivity contribution in [2.45, 2.75) is 26.4 Å². The molecule has 0 aliphatic rings. The van der Waals surface area contributed by atoms with E-state index in [1.54, 1.807) is 0 Å². The van der Waals surface area contributed by atoms with Gasteiger partial charge in [-0.3, -0.25) is 0 Å². The average Bonchev–Trinajstić information content (AvgIpc) is 2.87. The molecule has 0 fully saturated rings. The predicted molar refractivity (Wildman–Crippen MR) is 71.0 cm³/mol. The fourth-order valence-corrected chi connectivity index (χ4v) is 2.51. The fraction of sp³-hybridized carbons (Fsp3) is 0.385. The van der Waals surface area contributed by atoms with E-state index in [-0.39, 0.29) is 0 Å². The molecule has 1 N–H and O–H groups in total. The monoisotopic (exact) mass is 264 g/mol. The molecular weight excluding hydrogens is 248 g/mol. The molecule has 0 aliphatic carbocycles. The van der Waals surface area contributed by atoms with Gasteiger partial charge in [0.1, 0.15) is 11.9 Å². The number of aliphatic hydroxyl groups is 1. The van der Waals surface area contributed by atoms with Gasteiger partial charge in [0.2, 0.25) is 0 Å². The maximum absolute atomic E-state index is 10.4. The van der Waals surface area contributed by atoms with Gasteiger partial charge in [-0.2, -0.15) is 0 Å². The number of rotatable bonds is 5. The summed E-state index contributed by atoms with van der Waals surface area (Å²) in [7, 11) is 0. The van der Waals surface area contributed by atoms with Gasteiger partial charge in [0.15, 0.2) is 0 Å². The minimum Gasteiger partial charge on any atom is -0.494 e. The third-order valence-corrected chi connectivity index (χ3v) is 3.47. The zero-order valence-corrected chi connectivity index (χ0v) is 11.3. The van der Waals surface area contributed by atoms with E-state index in [1.165, 1.54) is 11.5 Å². The lowest BCUT2D eigenvalue weighted by molar-refractivity contribution is 0.222. The van der Waals surface area contributed by atoms with Crippen molar-refractivity contribution in [3.05, 3.63) is 40.4 Å². The number of hydrogen-bond donors (Lipinski definition) is 1. The quantitative estimate of drug-likeness (QED) is 0.901. The summed E-state index contributed by atoms with van der Waals surface area (Å²) in [6.07, 6.45) is 0.0916. The molecule has 1 unspecified atom stereocenters. The van der Waals surface area contributed by atoms with Gasteiger partial charge in [0.05, 0.1) is 17.2 Å². The highest BCUT2D eigenvalue weighted by molar-refractivity contribution is 7.05. The van der Waals surface area contributed by atoms with E-state index in [0.29, 0.717) is 6.61 Å². The number of hydrogen-bond acceptors (Lipinski definition) is 5. The Morgan fingerprint density at radius 2 is 2.22 bits per heavy atom. The Morgan fingerprint density at radius 3 is 2.94 bits per heavy atom. The summed E-state index contributed by atoms with van der Waals surface area (Å²) in [5, 5.41) is 14.4. The first-order chi connectivity index (χ1) is 8.76. The second-order valence-corrected chi connectivity index (χ2v) is 4.63. The van der Waals surface area contributed by atoms with Crippen LogP contribution in [0.3, 0.4) is 0 Å². The average molecular weight is 264 g/mol. The molecule has 0 saturated heterocycles.